The van der Waals surface area contributed by atoms with Gasteiger partial charge in [-0.25, -0.2) is 0 Å². The van der Waals surface area contributed by atoms with Crippen LogP contribution in [0.4, 0.5) is 0 Å². The molecule has 3 nitrogen and oxygen atoms in total. The molecular formula is C26H54O3. The Hall–Kier alpha value is -0.120. The molecule has 176 valence electrons. The van der Waals surface area contributed by atoms with E-state index in [2.05, 4.69) is 27.7 Å². The lowest BCUT2D eigenvalue weighted by molar-refractivity contribution is -0.309. The lowest BCUT2D eigenvalue weighted by Gasteiger charge is -2.46. The van der Waals surface area contributed by atoms with E-state index >= 15 is 0 Å². The number of rotatable bonds is 22. The third-order valence-corrected chi connectivity index (χ3v) is 6.57. The summed E-state index contributed by atoms with van der Waals surface area (Å²) in [6, 6.07) is 0. The molecule has 0 aliphatic carbocycles. The highest BCUT2D eigenvalue weighted by Gasteiger charge is 2.49. The fourth-order valence-electron chi connectivity index (χ4n) is 4.41. The Kier molecular flexibility index (Phi) is 18.6. The second kappa shape index (κ2) is 18.6. The molecule has 0 bridgehead atoms. The number of methoxy groups -OCH3 is 2. The molecule has 0 spiro atoms. The molecule has 0 rings (SSSR count). The quantitative estimate of drug-likeness (QED) is 0.131. The molecule has 29 heavy (non-hydrogen) atoms. The van der Waals surface area contributed by atoms with Gasteiger partial charge in [0.2, 0.25) is 0 Å². The average Bonchev–Trinajstić information content (AvgIpc) is 2.74. The SMILES string of the molecule is CCCCCCCCCCOC(CCC)(CCCCCCCC)C(C)(OC)OC. The molecule has 0 saturated carbocycles. The topological polar surface area (TPSA) is 27.7 Å². The summed E-state index contributed by atoms with van der Waals surface area (Å²) in [7, 11) is 3.52. The number of hydrogen-bond donors (Lipinski definition) is 0. The summed E-state index contributed by atoms with van der Waals surface area (Å²) in [5.41, 5.74) is -0.350. The first-order chi connectivity index (χ1) is 14.1. The van der Waals surface area contributed by atoms with Crippen molar-refractivity contribution in [2.45, 2.75) is 148 Å². The smallest absolute Gasteiger partial charge is 0.194 e. The molecule has 0 radical (unpaired) electrons. The Balaban J connectivity index is 4.60. The van der Waals surface area contributed by atoms with E-state index in [4.69, 9.17) is 14.2 Å². The van der Waals surface area contributed by atoms with Gasteiger partial charge in [0.25, 0.3) is 0 Å². The van der Waals surface area contributed by atoms with Crippen LogP contribution in [0, 0.1) is 0 Å². The maximum Gasteiger partial charge on any atom is 0.194 e. The van der Waals surface area contributed by atoms with Crippen LogP contribution < -0.4 is 0 Å². The highest BCUT2D eigenvalue weighted by Crippen LogP contribution is 2.39. The molecule has 1 atom stereocenters. The molecule has 0 aliphatic rings. The third kappa shape index (κ3) is 11.7. The lowest BCUT2D eigenvalue weighted by atomic mass is 9.83. The van der Waals surface area contributed by atoms with Gasteiger partial charge in [-0.1, -0.05) is 111 Å². The van der Waals surface area contributed by atoms with Crippen molar-refractivity contribution >= 4 is 0 Å². The fraction of sp³-hybridized carbons (Fsp3) is 1.00. The van der Waals surface area contributed by atoms with E-state index in [1.807, 2.05) is 0 Å². The molecule has 0 aromatic carbocycles. The minimum Gasteiger partial charge on any atom is -0.369 e. The van der Waals surface area contributed by atoms with E-state index < -0.39 is 5.79 Å². The van der Waals surface area contributed by atoms with Crippen LogP contribution in [0.5, 0.6) is 0 Å². The van der Waals surface area contributed by atoms with Crippen LogP contribution >= 0.6 is 0 Å². The highest BCUT2D eigenvalue weighted by atomic mass is 16.7. The zero-order chi connectivity index (χ0) is 21.8. The highest BCUT2D eigenvalue weighted by molar-refractivity contribution is 4.93. The molecule has 0 amide bonds. The van der Waals surface area contributed by atoms with Crippen LogP contribution in [0.25, 0.3) is 0 Å². The van der Waals surface area contributed by atoms with Crippen molar-refractivity contribution in [3.8, 4) is 0 Å². The van der Waals surface area contributed by atoms with Crippen LogP contribution in [0.2, 0.25) is 0 Å². The normalized spacial score (nSPS) is 14.3. The van der Waals surface area contributed by atoms with Crippen molar-refractivity contribution in [3.63, 3.8) is 0 Å². The summed E-state index contributed by atoms with van der Waals surface area (Å²) in [6.07, 6.45) is 21.4. The molecule has 0 aromatic rings. The summed E-state index contributed by atoms with van der Waals surface area (Å²) in [6.45, 7) is 9.66. The largest absolute Gasteiger partial charge is 0.369 e. The van der Waals surface area contributed by atoms with Crippen molar-refractivity contribution in [3.05, 3.63) is 0 Å². The molecule has 0 saturated heterocycles. The van der Waals surface area contributed by atoms with Crippen molar-refractivity contribution < 1.29 is 14.2 Å². The van der Waals surface area contributed by atoms with Gasteiger partial charge in [-0.05, 0) is 26.2 Å². The van der Waals surface area contributed by atoms with Gasteiger partial charge in [-0.2, -0.15) is 0 Å². The van der Waals surface area contributed by atoms with Gasteiger partial charge in [-0.15, -0.1) is 0 Å². The number of unbranched alkanes of at least 4 members (excludes halogenated alkanes) is 12. The first-order valence-corrected chi connectivity index (χ1v) is 12.8. The standard InChI is InChI=1S/C26H54O3/c1-7-10-12-14-16-17-19-21-24-29-26(22-9-3,25(4,27-5)28-6)23-20-18-15-13-11-8-2/h7-24H2,1-6H3. The molecule has 0 fully saturated rings. The Labute approximate surface area is 183 Å². The molecule has 0 aromatic heterocycles. The van der Waals surface area contributed by atoms with Crippen LogP contribution in [0.3, 0.4) is 0 Å². The Morgan fingerprint density at radius 3 is 1.41 bits per heavy atom. The zero-order valence-electron chi connectivity index (χ0n) is 21.0. The second-order valence-corrected chi connectivity index (χ2v) is 8.94. The van der Waals surface area contributed by atoms with Gasteiger partial charge in [-0.3, -0.25) is 0 Å². The molecule has 0 N–H and O–H groups in total. The summed E-state index contributed by atoms with van der Waals surface area (Å²) < 4.78 is 18.4. The van der Waals surface area contributed by atoms with Crippen molar-refractivity contribution in [2.24, 2.45) is 0 Å². The first kappa shape index (κ1) is 28.9. The van der Waals surface area contributed by atoms with Gasteiger partial charge in [0.05, 0.1) is 0 Å². The minimum absolute atomic E-state index is 0.350. The first-order valence-electron chi connectivity index (χ1n) is 12.8. The average molecular weight is 415 g/mol. The van der Waals surface area contributed by atoms with E-state index in [0.29, 0.717) is 0 Å². The number of ether oxygens (including phenoxy) is 3. The number of hydrogen-bond acceptors (Lipinski definition) is 3. The Bertz CT molecular complexity index is 341. The Morgan fingerprint density at radius 2 is 0.966 bits per heavy atom. The van der Waals surface area contributed by atoms with Crippen LogP contribution in [-0.4, -0.2) is 32.2 Å². The third-order valence-electron chi connectivity index (χ3n) is 6.57. The monoisotopic (exact) mass is 414 g/mol. The second-order valence-electron chi connectivity index (χ2n) is 8.94. The fourth-order valence-corrected chi connectivity index (χ4v) is 4.41. The van der Waals surface area contributed by atoms with E-state index in [1.54, 1.807) is 14.2 Å². The van der Waals surface area contributed by atoms with Crippen LogP contribution in [-0.2, 0) is 14.2 Å². The van der Waals surface area contributed by atoms with E-state index in [0.717, 1.165) is 32.3 Å². The van der Waals surface area contributed by atoms with Crippen molar-refractivity contribution in [2.75, 3.05) is 20.8 Å². The summed E-state index contributed by atoms with van der Waals surface area (Å²) in [5, 5.41) is 0. The van der Waals surface area contributed by atoms with Crippen LogP contribution in [0.1, 0.15) is 137 Å². The van der Waals surface area contributed by atoms with Gasteiger partial charge in [0, 0.05) is 20.8 Å². The van der Waals surface area contributed by atoms with Crippen molar-refractivity contribution in [1.82, 2.24) is 0 Å². The molecule has 0 aliphatic heterocycles. The predicted octanol–water partition coefficient (Wildman–Crippen LogP) is 8.44. The minimum atomic E-state index is -0.688. The van der Waals surface area contributed by atoms with Crippen LogP contribution in [0.15, 0.2) is 0 Å². The van der Waals surface area contributed by atoms with Gasteiger partial charge >= 0.3 is 0 Å². The van der Waals surface area contributed by atoms with Gasteiger partial charge in [0.15, 0.2) is 5.79 Å². The molecule has 0 heterocycles. The molecule has 3 heteroatoms. The maximum absolute atomic E-state index is 6.64. The lowest BCUT2D eigenvalue weighted by Crippen LogP contribution is -2.56. The predicted molar refractivity (Wildman–Crippen MR) is 127 cm³/mol. The molecule has 1 unspecified atom stereocenters. The molecular weight excluding hydrogens is 360 g/mol. The van der Waals surface area contributed by atoms with E-state index in [9.17, 15) is 0 Å². The van der Waals surface area contributed by atoms with Gasteiger partial charge in [0.1, 0.15) is 5.60 Å². The van der Waals surface area contributed by atoms with E-state index in [-0.39, 0.29) is 5.60 Å². The maximum atomic E-state index is 6.64. The van der Waals surface area contributed by atoms with Gasteiger partial charge < -0.3 is 14.2 Å². The summed E-state index contributed by atoms with van der Waals surface area (Å²) in [5.74, 6) is -0.688. The zero-order valence-corrected chi connectivity index (χ0v) is 21.0. The Morgan fingerprint density at radius 1 is 0.517 bits per heavy atom. The summed E-state index contributed by atoms with van der Waals surface area (Å²) >= 11 is 0. The van der Waals surface area contributed by atoms with E-state index in [1.165, 1.54) is 83.5 Å². The summed E-state index contributed by atoms with van der Waals surface area (Å²) in [4.78, 5) is 0. The van der Waals surface area contributed by atoms with Crippen molar-refractivity contribution in [1.29, 1.82) is 0 Å².